The molecule has 1 amide bonds. The largest absolute Gasteiger partial charge is 0.493 e. The molecule has 2 aromatic carbocycles. The van der Waals surface area contributed by atoms with Crippen LogP contribution in [0.1, 0.15) is 50.8 Å². The number of aromatic nitrogens is 2. The Morgan fingerprint density at radius 3 is 2.54 bits per heavy atom. The topological polar surface area (TPSA) is 134 Å². The van der Waals surface area contributed by atoms with Gasteiger partial charge in [-0.1, -0.05) is 0 Å². The summed E-state index contributed by atoms with van der Waals surface area (Å²) in [6.45, 7) is 3.97. The highest BCUT2D eigenvalue weighted by Gasteiger charge is 2.36. The summed E-state index contributed by atoms with van der Waals surface area (Å²) >= 11 is 1.72. The molecule has 46 heavy (non-hydrogen) atoms. The lowest BCUT2D eigenvalue weighted by Gasteiger charge is -2.40. The summed E-state index contributed by atoms with van der Waals surface area (Å²) in [4.78, 5) is 36.8. The Bertz CT molecular complexity index is 1600. The molecule has 0 aliphatic carbocycles. The maximum Gasteiger partial charge on any atom is 0.261 e. The van der Waals surface area contributed by atoms with Crippen molar-refractivity contribution in [3.8, 4) is 5.75 Å². The standard InChI is InChI=1S/C33H41F2N5O5S/c34-25-15-22(1-2-27(25)36)39-11-7-33(43,8-12-39)18-30(41)40-9-3-21(4-10-40)19-45-23-16-26(35)31-28(17-23)37-29(38-32(31)42)20-46-24-5-13-44-14-6-24/h1-2,15-17,21,24,43H,3-14,18-20,36H2,(H,37,38,42). The number of aliphatic hydroxyl groups is 1. The van der Waals surface area contributed by atoms with E-state index in [-0.39, 0.29) is 34.8 Å². The number of nitrogens with zero attached hydrogens (tertiary/aromatic N) is 3. The van der Waals surface area contributed by atoms with E-state index in [1.54, 1.807) is 28.8 Å². The van der Waals surface area contributed by atoms with Crippen molar-refractivity contribution in [1.29, 1.82) is 0 Å². The van der Waals surface area contributed by atoms with Crippen LogP contribution in [0, 0.1) is 17.6 Å². The minimum atomic E-state index is -1.10. The second-order valence-electron chi connectivity index (χ2n) is 12.7. The average Bonchev–Trinajstić information content (AvgIpc) is 3.05. The summed E-state index contributed by atoms with van der Waals surface area (Å²) in [6, 6.07) is 7.54. The number of amides is 1. The molecule has 0 saturated carbocycles. The van der Waals surface area contributed by atoms with Gasteiger partial charge >= 0.3 is 0 Å². The maximum atomic E-state index is 14.9. The van der Waals surface area contributed by atoms with Gasteiger partial charge in [-0.15, -0.1) is 0 Å². The van der Waals surface area contributed by atoms with Crippen molar-refractivity contribution in [2.45, 2.75) is 61.5 Å². The molecule has 3 aromatic rings. The summed E-state index contributed by atoms with van der Waals surface area (Å²) in [6.07, 6.45) is 4.24. The molecule has 248 valence electrons. The number of rotatable bonds is 9. The van der Waals surface area contributed by atoms with Gasteiger partial charge in [-0.3, -0.25) is 9.59 Å². The molecule has 13 heteroatoms. The summed E-state index contributed by atoms with van der Waals surface area (Å²) in [5.74, 6) is 0.316. The number of aromatic amines is 1. The number of benzene rings is 2. The third-order valence-electron chi connectivity index (χ3n) is 9.38. The number of fused-ring (bicyclic) bond motifs is 1. The van der Waals surface area contributed by atoms with Gasteiger partial charge in [0.05, 0.1) is 35.6 Å². The predicted octanol–water partition coefficient (Wildman–Crippen LogP) is 4.23. The highest BCUT2D eigenvalue weighted by atomic mass is 32.2. The van der Waals surface area contributed by atoms with Crippen molar-refractivity contribution in [3.63, 3.8) is 0 Å². The molecule has 4 N–H and O–H groups in total. The van der Waals surface area contributed by atoms with E-state index >= 15 is 0 Å². The van der Waals surface area contributed by atoms with Gasteiger partial charge in [-0.05, 0) is 62.6 Å². The molecule has 0 radical (unpaired) electrons. The van der Waals surface area contributed by atoms with Gasteiger partial charge in [0, 0.05) is 62.5 Å². The number of thioether (sulfide) groups is 1. The number of nitrogen functional groups attached to an aromatic ring is 1. The molecule has 3 aliphatic rings. The normalized spacial score (nSPS) is 19.5. The predicted molar refractivity (Wildman–Crippen MR) is 174 cm³/mol. The van der Waals surface area contributed by atoms with Gasteiger partial charge in [-0.2, -0.15) is 11.8 Å². The number of piperidine rings is 2. The van der Waals surface area contributed by atoms with Crippen molar-refractivity contribution in [2.24, 2.45) is 5.92 Å². The molecule has 10 nitrogen and oxygen atoms in total. The molecule has 0 bridgehead atoms. The van der Waals surface area contributed by atoms with E-state index in [1.165, 1.54) is 18.2 Å². The third-order valence-corrected chi connectivity index (χ3v) is 10.8. The quantitative estimate of drug-likeness (QED) is 0.289. The molecule has 3 fully saturated rings. The Balaban J connectivity index is 0.975. The van der Waals surface area contributed by atoms with Crippen molar-refractivity contribution in [1.82, 2.24) is 14.9 Å². The first-order valence-electron chi connectivity index (χ1n) is 16.0. The van der Waals surface area contributed by atoms with Crippen LogP contribution < -0.4 is 20.9 Å². The molecule has 1 aromatic heterocycles. The zero-order valence-electron chi connectivity index (χ0n) is 25.8. The van der Waals surface area contributed by atoms with E-state index in [4.69, 9.17) is 15.2 Å². The summed E-state index contributed by atoms with van der Waals surface area (Å²) in [5, 5.41) is 11.5. The Hall–Kier alpha value is -3.42. The van der Waals surface area contributed by atoms with Crippen molar-refractivity contribution < 1.29 is 28.2 Å². The molecular formula is C33H41F2N5O5S. The number of anilines is 2. The third kappa shape index (κ3) is 7.75. The average molecular weight is 658 g/mol. The minimum Gasteiger partial charge on any atom is -0.493 e. The van der Waals surface area contributed by atoms with E-state index in [1.807, 2.05) is 4.90 Å². The number of likely N-dealkylation sites (tertiary alicyclic amines) is 1. The number of hydrogen-bond donors (Lipinski definition) is 3. The summed E-state index contributed by atoms with van der Waals surface area (Å²) in [7, 11) is 0. The number of ether oxygens (including phenoxy) is 2. The Labute approximate surface area is 270 Å². The first-order chi connectivity index (χ1) is 22.2. The number of carbonyl (C=O) groups is 1. The van der Waals surface area contributed by atoms with Gasteiger partial charge < -0.3 is 35.1 Å². The van der Waals surface area contributed by atoms with Crippen LogP contribution in [0.3, 0.4) is 0 Å². The summed E-state index contributed by atoms with van der Waals surface area (Å²) in [5.41, 5.74) is 5.07. The maximum absolute atomic E-state index is 14.9. The van der Waals surface area contributed by atoms with Crippen LogP contribution in [-0.2, 0) is 15.3 Å². The first-order valence-corrected chi connectivity index (χ1v) is 17.1. The zero-order valence-corrected chi connectivity index (χ0v) is 26.6. The number of nitrogens with one attached hydrogen (secondary N) is 1. The lowest BCUT2D eigenvalue weighted by molar-refractivity contribution is -0.138. The SMILES string of the molecule is Nc1ccc(N2CCC(O)(CC(=O)N3CCC(COc4cc(F)c5c(=O)[nH]c(CSC6CCOCC6)nc5c4)CC3)CC2)cc1F. The van der Waals surface area contributed by atoms with Crippen LogP contribution in [-0.4, -0.2) is 82.7 Å². The number of hydrogen-bond acceptors (Lipinski definition) is 9. The second-order valence-corrected chi connectivity index (χ2v) is 14.0. The van der Waals surface area contributed by atoms with Crippen LogP contribution in [0.15, 0.2) is 35.1 Å². The number of halogens is 2. The fourth-order valence-corrected chi connectivity index (χ4v) is 7.52. The fourth-order valence-electron chi connectivity index (χ4n) is 6.47. The van der Waals surface area contributed by atoms with Gasteiger partial charge in [0.1, 0.15) is 28.6 Å². The first kappa shape index (κ1) is 32.5. The monoisotopic (exact) mass is 657 g/mol. The Morgan fingerprint density at radius 1 is 1.09 bits per heavy atom. The number of nitrogens with two attached hydrogens (primary N) is 1. The van der Waals surface area contributed by atoms with Crippen LogP contribution in [0.4, 0.5) is 20.2 Å². The number of carbonyl (C=O) groups excluding carboxylic acids is 1. The Morgan fingerprint density at radius 2 is 1.83 bits per heavy atom. The molecule has 4 heterocycles. The van der Waals surface area contributed by atoms with Crippen molar-refractivity contribution in [3.05, 3.63) is 58.1 Å². The van der Waals surface area contributed by atoms with Gasteiger partial charge in [0.25, 0.3) is 5.56 Å². The van der Waals surface area contributed by atoms with Gasteiger partial charge in [0.15, 0.2) is 0 Å². The van der Waals surface area contributed by atoms with E-state index in [9.17, 15) is 23.5 Å². The lowest BCUT2D eigenvalue weighted by Crippen LogP contribution is -2.49. The van der Waals surface area contributed by atoms with E-state index < -0.39 is 22.8 Å². The van der Waals surface area contributed by atoms with Crippen LogP contribution in [0.5, 0.6) is 5.75 Å². The molecule has 0 unspecified atom stereocenters. The van der Waals surface area contributed by atoms with Gasteiger partial charge in [0.2, 0.25) is 5.91 Å². The van der Waals surface area contributed by atoms with E-state index in [0.29, 0.717) is 73.9 Å². The van der Waals surface area contributed by atoms with Crippen LogP contribution in [0.2, 0.25) is 0 Å². The smallest absolute Gasteiger partial charge is 0.261 e. The minimum absolute atomic E-state index is 0.0518. The van der Waals surface area contributed by atoms with Gasteiger partial charge in [-0.25, -0.2) is 13.8 Å². The van der Waals surface area contributed by atoms with E-state index in [0.717, 1.165) is 38.9 Å². The highest BCUT2D eigenvalue weighted by Crippen LogP contribution is 2.32. The van der Waals surface area contributed by atoms with Crippen molar-refractivity contribution >= 4 is 39.9 Å². The molecule has 0 spiro atoms. The van der Waals surface area contributed by atoms with E-state index in [2.05, 4.69) is 9.97 Å². The van der Waals surface area contributed by atoms with Crippen LogP contribution in [0.25, 0.3) is 10.9 Å². The van der Waals surface area contributed by atoms with Crippen LogP contribution >= 0.6 is 11.8 Å². The molecule has 0 atom stereocenters. The lowest BCUT2D eigenvalue weighted by atomic mass is 9.87. The summed E-state index contributed by atoms with van der Waals surface area (Å²) < 4.78 is 40.2. The zero-order chi connectivity index (χ0) is 32.3. The highest BCUT2D eigenvalue weighted by molar-refractivity contribution is 7.99. The molecule has 3 saturated heterocycles. The molecule has 3 aliphatic heterocycles. The molecular weight excluding hydrogens is 616 g/mol. The fraction of sp³-hybridized carbons (Fsp3) is 0.545. The van der Waals surface area contributed by atoms with Crippen molar-refractivity contribution in [2.75, 3.05) is 56.6 Å². The number of H-pyrrole nitrogens is 1. The second kappa shape index (κ2) is 14.1. The Kier molecular flexibility index (Phi) is 10.00. The molecule has 6 rings (SSSR count).